The van der Waals surface area contributed by atoms with E-state index in [4.69, 9.17) is 4.74 Å². The second-order valence-electron chi connectivity index (χ2n) is 7.37. The molecule has 2 N–H and O–H groups in total. The monoisotopic (exact) mass is 359 g/mol. The third-order valence-corrected chi connectivity index (χ3v) is 3.83. The molecule has 1 aromatic heterocycles. The van der Waals surface area contributed by atoms with Gasteiger partial charge in [0.25, 0.3) is 0 Å². The molecule has 2 amide bonds. The van der Waals surface area contributed by atoms with Crippen LogP contribution >= 0.6 is 0 Å². The largest absolute Gasteiger partial charge is 0.444 e. The van der Waals surface area contributed by atoms with Gasteiger partial charge in [-0.3, -0.25) is 4.57 Å². The number of amides is 2. The van der Waals surface area contributed by atoms with Gasteiger partial charge in [-0.25, -0.2) is 9.59 Å². The summed E-state index contributed by atoms with van der Waals surface area (Å²) in [5.41, 5.74) is -0.464. The highest BCUT2D eigenvalue weighted by Gasteiger charge is 2.15. The second kappa shape index (κ2) is 9.27. The van der Waals surface area contributed by atoms with Crippen LogP contribution in [0.1, 0.15) is 46.5 Å². The molecule has 0 unspecified atom stereocenters. The van der Waals surface area contributed by atoms with Gasteiger partial charge in [0.05, 0.1) is 0 Å². The van der Waals surface area contributed by atoms with Crippen molar-refractivity contribution in [3.63, 3.8) is 0 Å². The highest BCUT2D eigenvalue weighted by molar-refractivity contribution is 5.88. The Balaban J connectivity index is 1.54. The van der Waals surface area contributed by atoms with Gasteiger partial charge in [-0.1, -0.05) is 37.1 Å². The van der Waals surface area contributed by atoms with Crippen LogP contribution in [0.2, 0.25) is 0 Å². The first-order chi connectivity index (χ1) is 12.3. The number of alkyl carbamates (subject to hydrolysis) is 1. The molecule has 1 aromatic carbocycles. The fourth-order valence-electron chi connectivity index (χ4n) is 2.60. The maximum atomic E-state index is 12.1. The van der Waals surface area contributed by atoms with Gasteiger partial charge in [0.2, 0.25) is 0 Å². The van der Waals surface area contributed by atoms with Crippen molar-refractivity contribution in [1.82, 2.24) is 15.2 Å². The minimum absolute atomic E-state index is 0.104. The Kier molecular flexibility index (Phi) is 7.06. The number of nitrogens with zero attached hydrogens (tertiary/aromatic N) is 1. The third kappa shape index (κ3) is 6.78. The Hall–Kier alpha value is -2.50. The number of aromatic nitrogens is 1. The first-order valence-corrected chi connectivity index (χ1v) is 9.17. The Bertz CT molecular complexity index is 698. The molecule has 0 bridgehead atoms. The number of carbonyl (C=O) groups is 2. The van der Waals surface area contributed by atoms with Crippen LogP contribution in [0.25, 0.3) is 10.8 Å². The van der Waals surface area contributed by atoms with Crippen molar-refractivity contribution in [2.45, 2.75) is 52.1 Å². The molecule has 0 saturated carbocycles. The van der Waals surface area contributed by atoms with Gasteiger partial charge in [-0.2, -0.15) is 0 Å². The van der Waals surface area contributed by atoms with E-state index in [0.717, 1.165) is 36.5 Å². The molecule has 0 fully saturated rings. The molecule has 6 heteroatoms. The van der Waals surface area contributed by atoms with E-state index in [9.17, 15) is 9.59 Å². The summed E-state index contributed by atoms with van der Waals surface area (Å²) in [7, 11) is 0. The first-order valence-electron chi connectivity index (χ1n) is 9.17. The van der Waals surface area contributed by atoms with E-state index in [1.165, 1.54) is 0 Å². The van der Waals surface area contributed by atoms with E-state index in [-0.39, 0.29) is 12.1 Å². The summed E-state index contributed by atoms with van der Waals surface area (Å²) in [4.78, 5) is 23.6. The molecule has 0 saturated heterocycles. The van der Waals surface area contributed by atoms with Crippen molar-refractivity contribution in [1.29, 1.82) is 0 Å². The standard InChI is InChI=1S/C20H29N3O3/c1-20(2,3)26-19(25)22-13-9-5-4-8-12-21-18(24)23-14-16-10-6-7-11-17(16)15-23/h6-7,10-11,14-15H,4-5,8-9,12-13H2,1-3H3,(H,21,24)(H,22,25). The number of hydrogen-bond donors (Lipinski definition) is 2. The zero-order chi connectivity index (χ0) is 19.0. The lowest BCUT2D eigenvalue weighted by molar-refractivity contribution is 0.0527. The predicted molar refractivity (Wildman–Crippen MR) is 103 cm³/mol. The van der Waals surface area contributed by atoms with Crippen molar-refractivity contribution in [3.8, 4) is 0 Å². The zero-order valence-electron chi connectivity index (χ0n) is 15.9. The summed E-state index contributed by atoms with van der Waals surface area (Å²) in [6.45, 7) is 6.79. The van der Waals surface area contributed by atoms with E-state index in [1.54, 1.807) is 4.57 Å². The van der Waals surface area contributed by atoms with Crippen molar-refractivity contribution < 1.29 is 14.3 Å². The van der Waals surface area contributed by atoms with E-state index < -0.39 is 5.60 Å². The van der Waals surface area contributed by atoms with Gasteiger partial charge in [0, 0.05) is 25.5 Å². The summed E-state index contributed by atoms with van der Waals surface area (Å²) in [6.07, 6.45) is 7.13. The van der Waals surface area contributed by atoms with Crippen LogP contribution in [0.5, 0.6) is 0 Å². The summed E-state index contributed by atoms with van der Waals surface area (Å²) in [6, 6.07) is 7.80. The minimum atomic E-state index is -0.464. The van der Waals surface area contributed by atoms with Crippen LogP contribution < -0.4 is 10.6 Å². The molecule has 1 heterocycles. The molecule has 2 rings (SSSR count). The molecule has 26 heavy (non-hydrogen) atoms. The van der Waals surface area contributed by atoms with Gasteiger partial charge >= 0.3 is 12.1 Å². The van der Waals surface area contributed by atoms with E-state index in [1.807, 2.05) is 57.4 Å². The minimum Gasteiger partial charge on any atom is -0.444 e. The number of carbonyl (C=O) groups excluding carboxylic acids is 2. The average Bonchev–Trinajstić information content (AvgIpc) is 2.99. The SMILES string of the molecule is CC(C)(C)OC(=O)NCCCCCCNC(=O)n1cc2ccccc2c1. The number of benzene rings is 1. The molecule has 0 atom stereocenters. The number of unbranched alkanes of at least 4 members (excludes halogenated alkanes) is 3. The number of nitrogens with one attached hydrogen (secondary N) is 2. The fourth-order valence-corrected chi connectivity index (χ4v) is 2.60. The van der Waals surface area contributed by atoms with Gasteiger partial charge < -0.3 is 15.4 Å². The van der Waals surface area contributed by atoms with Crippen molar-refractivity contribution >= 4 is 22.9 Å². The third-order valence-electron chi connectivity index (χ3n) is 3.83. The summed E-state index contributed by atoms with van der Waals surface area (Å²) in [5, 5.41) is 7.79. The lowest BCUT2D eigenvalue weighted by atomic mass is 10.2. The normalized spacial score (nSPS) is 11.3. The van der Waals surface area contributed by atoms with Gasteiger partial charge in [0.15, 0.2) is 0 Å². The van der Waals surface area contributed by atoms with Crippen LogP contribution in [0, 0.1) is 0 Å². The average molecular weight is 359 g/mol. The summed E-state index contributed by atoms with van der Waals surface area (Å²) in [5.74, 6) is 0. The lowest BCUT2D eigenvalue weighted by Gasteiger charge is -2.19. The Morgan fingerprint density at radius 1 is 0.923 bits per heavy atom. The van der Waals surface area contributed by atoms with Crippen molar-refractivity contribution in [2.24, 2.45) is 0 Å². The summed E-state index contributed by atoms with van der Waals surface area (Å²) < 4.78 is 6.77. The Morgan fingerprint density at radius 3 is 2.00 bits per heavy atom. The molecule has 0 aliphatic heterocycles. The second-order valence-corrected chi connectivity index (χ2v) is 7.37. The Morgan fingerprint density at radius 2 is 1.46 bits per heavy atom. The molecular formula is C20H29N3O3. The quantitative estimate of drug-likeness (QED) is 0.725. The molecule has 0 aliphatic carbocycles. The van der Waals surface area contributed by atoms with Crippen LogP contribution in [0.3, 0.4) is 0 Å². The Labute approximate surface area is 154 Å². The fraction of sp³-hybridized carbons (Fsp3) is 0.500. The number of rotatable bonds is 7. The van der Waals surface area contributed by atoms with Crippen LogP contribution in [-0.4, -0.2) is 35.4 Å². The van der Waals surface area contributed by atoms with Crippen LogP contribution in [-0.2, 0) is 4.74 Å². The summed E-state index contributed by atoms with van der Waals surface area (Å²) >= 11 is 0. The van der Waals surface area contributed by atoms with Crippen molar-refractivity contribution in [3.05, 3.63) is 36.7 Å². The topological polar surface area (TPSA) is 72.4 Å². The smallest absolute Gasteiger partial charge is 0.407 e. The molecule has 0 aliphatic rings. The molecule has 0 spiro atoms. The number of ether oxygens (including phenoxy) is 1. The molecule has 6 nitrogen and oxygen atoms in total. The van der Waals surface area contributed by atoms with E-state index in [2.05, 4.69) is 10.6 Å². The van der Waals surface area contributed by atoms with Crippen LogP contribution in [0.15, 0.2) is 36.7 Å². The zero-order valence-corrected chi connectivity index (χ0v) is 15.9. The molecule has 142 valence electrons. The maximum Gasteiger partial charge on any atom is 0.407 e. The van der Waals surface area contributed by atoms with Gasteiger partial charge in [0.1, 0.15) is 5.60 Å². The van der Waals surface area contributed by atoms with Gasteiger partial charge in [-0.15, -0.1) is 0 Å². The van der Waals surface area contributed by atoms with Crippen molar-refractivity contribution in [2.75, 3.05) is 13.1 Å². The maximum absolute atomic E-state index is 12.1. The van der Waals surface area contributed by atoms with Crippen LogP contribution in [0.4, 0.5) is 9.59 Å². The highest BCUT2D eigenvalue weighted by atomic mass is 16.6. The molecular weight excluding hydrogens is 330 g/mol. The van der Waals surface area contributed by atoms with E-state index >= 15 is 0 Å². The van der Waals surface area contributed by atoms with E-state index in [0.29, 0.717) is 13.1 Å². The highest BCUT2D eigenvalue weighted by Crippen LogP contribution is 2.14. The van der Waals surface area contributed by atoms with Gasteiger partial charge in [-0.05, 0) is 44.4 Å². The molecule has 2 aromatic rings. The number of fused-ring (bicyclic) bond motifs is 1. The first kappa shape index (κ1) is 19.8. The number of hydrogen-bond acceptors (Lipinski definition) is 3. The lowest BCUT2D eigenvalue weighted by Crippen LogP contribution is -2.33. The predicted octanol–water partition coefficient (Wildman–Crippen LogP) is 4.28. The molecule has 0 radical (unpaired) electrons.